The number of hydrogen-bond donors (Lipinski definition) is 2. The highest BCUT2D eigenvalue weighted by Gasteiger charge is 2.42. The summed E-state index contributed by atoms with van der Waals surface area (Å²) in [5, 5.41) is 18.6. The van der Waals surface area contributed by atoms with Crippen LogP contribution in [0.5, 0.6) is 0 Å². The number of nitrogens with zero attached hydrogens (tertiary/aromatic N) is 3. The quantitative estimate of drug-likeness (QED) is 0.0474. The third kappa shape index (κ3) is 10.4. The molecule has 1 aliphatic carbocycles. The number of aliphatic carboxylic acids is 2. The number of carboxylic acid groups (broad SMARTS) is 2. The fourth-order valence-corrected chi connectivity index (χ4v) is 12.0. The number of carboxylic acids is 2. The van der Waals surface area contributed by atoms with E-state index < -0.39 is 24.0 Å². The van der Waals surface area contributed by atoms with Gasteiger partial charge in [0.25, 0.3) is 11.5 Å². The number of unbranched alkanes of at least 4 members (excludes halogenated alkanes) is 8. The molecule has 2 fully saturated rings. The summed E-state index contributed by atoms with van der Waals surface area (Å²) in [5.74, 6) is -1.84. The van der Waals surface area contributed by atoms with Crippen LogP contribution in [0.2, 0.25) is 0 Å². The van der Waals surface area contributed by atoms with E-state index in [-0.39, 0.29) is 12.3 Å². The van der Waals surface area contributed by atoms with Crippen molar-refractivity contribution in [1.29, 1.82) is 0 Å². The van der Waals surface area contributed by atoms with Gasteiger partial charge in [0.2, 0.25) is 0 Å². The molecule has 0 spiro atoms. The van der Waals surface area contributed by atoms with Gasteiger partial charge in [0.05, 0.1) is 4.53 Å². The van der Waals surface area contributed by atoms with Crippen LogP contribution < -0.4 is 19.7 Å². The minimum absolute atomic E-state index is 0.233. The van der Waals surface area contributed by atoms with E-state index in [1.54, 1.807) is 4.90 Å². The van der Waals surface area contributed by atoms with E-state index in [1.165, 1.54) is 21.4 Å². The summed E-state index contributed by atoms with van der Waals surface area (Å²) >= 11 is 7.93. The van der Waals surface area contributed by atoms with Crippen LogP contribution in [0.15, 0.2) is 108 Å². The van der Waals surface area contributed by atoms with Crippen molar-refractivity contribution in [2.24, 2.45) is 0 Å². The average Bonchev–Trinajstić information content (AvgIpc) is 4.04. The molecule has 8 rings (SSSR count). The Morgan fingerprint density at radius 2 is 1.36 bits per heavy atom. The standard InChI is InChI=1S/C52H53N3O6S3/c56-46(57)23-14-6-4-2-1-3-5-7-15-30-53-50(61)48(64-52(53)62)51-54(34-47(58)59)49(60)45(63-51)33-36-26-29-44-42(32-36)40-21-16-22-43(40)55(44)39-27-24-35(25-28-39)31-41(37-17-10-8-11-18-37)38-19-12-9-13-20-38/h8-13,17-20,24-29,31-33,40,43H,1-7,14-16,21-23,30,34H2,(H,56,57)(H,58,59)/b45-33+,51-48+/t40-,43+/m0/s1. The lowest BCUT2D eigenvalue weighted by atomic mass is 9.95. The topological polar surface area (TPSA) is 120 Å². The molecule has 3 heterocycles. The SMILES string of the molecule is O=C(O)CCCCCCCCCCCN1C(=O)/C(=c2\s/c(=C/c3ccc4c(c3)[C@@H]3CCC[C@H]3N4c3ccc(C=C(c4ccccc4)c4ccccc4)cc3)c(=O)n2CC(=O)O)SC1=S. The molecule has 2 aliphatic heterocycles. The first-order valence-corrected chi connectivity index (χ1v) is 24.5. The Balaban J connectivity index is 0.996. The summed E-state index contributed by atoms with van der Waals surface area (Å²) in [6.07, 6.45) is 16.4. The van der Waals surface area contributed by atoms with Crippen molar-refractivity contribution in [2.45, 2.75) is 102 Å². The summed E-state index contributed by atoms with van der Waals surface area (Å²) in [6, 6.07) is 36.5. The summed E-state index contributed by atoms with van der Waals surface area (Å²) in [6.45, 7) is -0.0880. The average molecular weight is 912 g/mol. The Kier molecular flexibility index (Phi) is 14.7. The Morgan fingerprint density at radius 3 is 2.00 bits per heavy atom. The number of fused-ring (bicyclic) bond motifs is 3. The highest BCUT2D eigenvalue weighted by molar-refractivity contribution is 8.30. The Labute approximate surface area is 387 Å². The Bertz CT molecular complexity index is 2690. The minimum atomic E-state index is -1.16. The molecule has 5 aromatic rings. The molecule has 2 N–H and O–H groups in total. The van der Waals surface area contributed by atoms with E-state index in [9.17, 15) is 24.3 Å². The molecular formula is C52H53N3O6S3. The molecule has 1 aromatic heterocycles. The fraction of sp³-hybridized carbons (Fsp3) is 0.327. The number of carbonyl (C=O) groups excluding carboxylic acids is 1. The maximum Gasteiger partial charge on any atom is 0.323 e. The van der Waals surface area contributed by atoms with E-state index >= 15 is 0 Å². The zero-order valence-electron chi connectivity index (χ0n) is 35.8. The van der Waals surface area contributed by atoms with Crippen LogP contribution in [0.1, 0.15) is 117 Å². The van der Waals surface area contributed by atoms with Crippen molar-refractivity contribution in [1.82, 2.24) is 9.47 Å². The van der Waals surface area contributed by atoms with E-state index in [4.69, 9.17) is 17.3 Å². The molecule has 4 aromatic carbocycles. The third-order valence-corrected chi connectivity index (χ3v) is 15.2. The van der Waals surface area contributed by atoms with Crippen LogP contribution in [-0.2, 0) is 20.9 Å². The van der Waals surface area contributed by atoms with Crippen LogP contribution in [0.25, 0.3) is 22.6 Å². The number of thiazole rings is 1. The molecule has 2 atom stereocenters. The molecule has 0 radical (unpaired) electrons. The van der Waals surface area contributed by atoms with E-state index in [0.717, 1.165) is 128 Å². The van der Waals surface area contributed by atoms with Crippen molar-refractivity contribution in [3.63, 3.8) is 0 Å². The number of amides is 1. The normalized spacial score (nSPS) is 17.8. The Morgan fingerprint density at radius 1 is 0.734 bits per heavy atom. The molecule has 1 amide bonds. The van der Waals surface area contributed by atoms with Crippen LogP contribution in [-0.4, -0.2) is 54.4 Å². The lowest BCUT2D eigenvalue weighted by Gasteiger charge is -2.27. The largest absolute Gasteiger partial charge is 0.481 e. The maximum absolute atomic E-state index is 13.9. The van der Waals surface area contributed by atoms with Gasteiger partial charge in [-0.15, -0.1) is 11.3 Å². The highest BCUT2D eigenvalue weighted by atomic mass is 32.2. The molecule has 1 saturated heterocycles. The predicted molar refractivity (Wildman–Crippen MR) is 263 cm³/mol. The number of benzene rings is 4. The number of thioether (sulfide) groups is 1. The van der Waals surface area contributed by atoms with Crippen molar-refractivity contribution < 1.29 is 24.6 Å². The second-order valence-electron chi connectivity index (χ2n) is 16.9. The Hall–Kier alpha value is -5.56. The van der Waals surface area contributed by atoms with Gasteiger partial charge in [-0.1, -0.05) is 154 Å². The number of anilines is 2. The molecule has 0 bridgehead atoms. The number of aromatic nitrogens is 1. The van der Waals surface area contributed by atoms with Gasteiger partial charge in [-0.05, 0) is 95.5 Å². The zero-order chi connectivity index (χ0) is 44.6. The number of thiocarbonyl (C=S) groups is 1. The smallest absolute Gasteiger partial charge is 0.323 e. The van der Waals surface area contributed by atoms with E-state index in [0.29, 0.717) is 36.9 Å². The lowest BCUT2D eigenvalue weighted by Crippen LogP contribution is -2.35. The highest BCUT2D eigenvalue weighted by Crippen LogP contribution is 2.52. The summed E-state index contributed by atoms with van der Waals surface area (Å²) < 4.78 is 2.31. The molecular weight excluding hydrogens is 859 g/mol. The molecule has 1 saturated carbocycles. The van der Waals surface area contributed by atoms with Gasteiger partial charge in [0, 0.05) is 36.3 Å². The summed E-state index contributed by atoms with van der Waals surface area (Å²) in [7, 11) is 0. The maximum atomic E-state index is 13.9. The van der Waals surface area contributed by atoms with Crippen LogP contribution in [0, 0.1) is 0 Å². The minimum Gasteiger partial charge on any atom is -0.481 e. The number of rotatable bonds is 19. The zero-order valence-corrected chi connectivity index (χ0v) is 38.3. The third-order valence-electron chi connectivity index (χ3n) is 12.5. The molecule has 0 unspecified atom stereocenters. The summed E-state index contributed by atoms with van der Waals surface area (Å²) in [4.78, 5) is 54.8. The molecule has 9 nitrogen and oxygen atoms in total. The van der Waals surface area contributed by atoms with E-state index in [2.05, 4.69) is 95.9 Å². The second-order valence-corrected chi connectivity index (χ2v) is 19.5. The first kappa shape index (κ1) is 45.0. The number of hydrogen-bond acceptors (Lipinski definition) is 8. The second kappa shape index (κ2) is 21.0. The van der Waals surface area contributed by atoms with Crippen LogP contribution in [0.4, 0.5) is 11.4 Å². The van der Waals surface area contributed by atoms with Crippen molar-refractivity contribution >= 4 is 91.5 Å². The molecule has 64 heavy (non-hydrogen) atoms. The van der Waals surface area contributed by atoms with Crippen molar-refractivity contribution in [3.05, 3.63) is 150 Å². The molecule has 12 heteroatoms. The predicted octanol–water partition coefficient (Wildman–Crippen LogP) is 10.2. The van der Waals surface area contributed by atoms with Gasteiger partial charge >= 0.3 is 11.9 Å². The number of carbonyl (C=O) groups is 3. The first-order chi connectivity index (χ1) is 31.2. The van der Waals surface area contributed by atoms with Gasteiger partial charge in [-0.3, -0.25) is 28.6 Å². The van der Waals surface area contributed by atoms with E-state index in [1.807, 2.05) is 24.3 Å². The van der Waals surface area contributed by atoms with Gasteiger partial charge in [0.15, 0.2) is 0 Å². The van der Waals surface area contributed by atoms with Crippen molar-refractivity contribution in [2.75, 3.05) is 11.4 Å². The van der Waals surface area contributed by atoms with Gasteiger partial charge in [0.1, 0.15) is 20.4 Å². The van der Waals surface area contributed by atoms with Gasteiger partial charge < -0.3 is 15.1 Å². The molecule has 3 aliphatic rings. The monoisotopic (exact) mass is 911 g/mol. The fourth-order valence-electron chi connectivity index (χ4n) is 9.39. The van der Waals surface area contributed by atoms with Crippen LogP contribution >= 0.6 is 35.3 Å². The van der Waals surface area contributed by atoms with Gasteiger partial charge in [-0.25, -0.2) is 0 Å². The van der Waals surface area contributed by atoms with Gasteiger partial charge in [-0.2, -0.15) is 0 Å². The molecule has 330 valence electrons. The first-order valence-electron chi connectivity index (χ1n) is 22.4. The summed E-state index contributed by atoms with van der Waals surface area (Å²) in [5.41, 5.74) is 8.60. The van der Waals surface area contributed by atoms with Crippen LogP contribution in [0.3, 0.4) is 0 Å². The van der Waals surface area contributed by atoms with Crippen molar-refractivity contribution in [3.8, 4) is 0 Å². The lowest BCUT2D eigenvalue weighted by molar-refractivity contribution is -0.138.